The van der Waals surface area contributed by atoms with Gasteiger partial charge >= 0.3 is 5.97 Å². The van der Waals surface area contributed by atoms with Crippen LogP contribution < -0.4 is 24.4 Å². The molecule has 1 amide bonds. The van der Waals surface area contributed by atoms with Crippen LogP contribution in [-0.2, 0) is 19.1 Å². The van der Waals surface area contributed by atoms with Gasteiger partial charge in [0.2, 0.25) is 0 Å². The van der Waals surface area contributed by atoms with Gasteiger partial charge < -0.3 is 33.9 Å². The molecule has 1 N–H and O–H groups in total. The maximum atomic E-state index is 12.7. The topological polar surface area (TPSA) is 95.6 Å². The Labute approximate surface area is 228 Å². The number of ether oxygens (including phenoxy) is 5. The summed E-state index contributed by atoms with van der Waals surface area (Å²) >= 11 is 0. The summed E-state index contributed by atoms with van der Waals surface area (Å²) in [5.74, 6) is 0.813. The molecule has 0 aromatic heterocycles. The molecule has 1 saturated heterocycles. The van der Waals surface area contributed by atoms with Crippen molar-refractivity contribution in [3.8, 4) is 17.2 Å². The molecule has 3 aromatic carbocycles. The summed E-state index contributed by atoms with van der Waals surface area (Å²) in [4.78, 5) is 27.1. The van der Waals surface area contributed by atoms with Crippen molar-refractivity contribution >= 4 is 40.1 Å². The van der Waals surface area contributed by atoms with Crippen LogP contribution in [0, 0.1) is 0 Å². The highest BCUT2D eigenvalue weighted by Crippen LogP contribution is 2.39. The summed E-state index contributed by atoms with van der Waals surface area (Å²) < 4.78 is 27.6. The molecule has 0 radical (unpaired) electrons. The number of methoxy groups -OCH3 is 1. The van der Waals surface area contributed by atoms with E-state index in [-0.39, 0.29) is 0 Å². The van der Waals surface area contributed by atoms with Crippen molar-refractivity contribution in [1.29, 1.82) is 0 Å². The molecular weight excluding hydrogens is 500 g/mol. The first kappa shape index (κ1) is 27.8. The lowest BCUT2D eigenvalue weighted by atomic mass is 10.1. The van der Waals surface area contributed by atoms with Crippen LogP contribution in [0.5, 0.6) is 17.2 Å². The number of anilines is 2. The van der Waals surface area contributed by atoms with E-state index >= 15 is 0 Å². The number of esters is 1. The lowest BCUT2D eigenvalue weighted by molar-refractivity contribution is -0.142. The molecular formula is C30H34N2O7. The third-order valence-corrected chi connectivity index (χ3v) is 6.12. The maximum Gasteiger partial charge on any atom is 0.331 e. The Morgan fingerprint density at radius 2 is 1.67 bits per heavy atom. The van der Waals surface area contributed by atoms with E-state index in [0.717, 1.165) is 40.9 Å². The Kier molecular flexibility index (Phi) is 9.64. The Balaban J connectivity index is 1.39. The zero-order chi connectivity index (χ0) is 27.6. The van der Waals surface area contributed by atoms with Crippen LogP contribution in [0.15, 0.2) is 54.6 Å². The van der Waals surface area contributed by atoms with Crippen LogP contribution in [0.2, 0.25) is 0 Å². The second kappa shape index (κ2) is 13.5. The monoisotopic (exact) mass is 534 g/mol. The van der Waals surface area contributed by atoms with Crippen LogP contribution in [-0.4, -0.2) is 65.1 Å². The zero-order valence-corrected chi connectivity index (χ0v) is 22.5. The second-order valence-corrected chi connectivity index (χ2v) is 8.74. The van der Waals surface area contributed by atoms with Gasteiger partial charge in [0.05, 0.1) is 44.9 Å². The van der Waals surface area contributed by atoms with Crippen molar-refractivity contribution in [2.75, 3.05) is 63.5 Å². The molecule has 0 spiro atoms. The predicted octanol–water partition coefficient (Wildman–Crippen LogP) is 4.68. The van der Waals surface area contributed by atoms with Gasteiger partial charge in [0.15, 0.2) is 6.61 Å². The lowest BCUT2D eigenvalue weighted by Gasteiger charge is -2.31. The van der Waals surface area contributed by atoms with E-state index in [4.69, 9.17) is 23.7 Å². The minimum atomic E-state index is -0.623. The highest BCUT2D eigenvalue weighted by molar-refractivity contribution is 5.96. The molecule has 0 unspecified atom stereocenters. The number of carbonyl (C=O) groups excluding carboxylic acids is 2. The Bertz CT molecular complexity index is 1330. The fourth-order valence-electron chi connectivity index (χ4n) is 4.25. The lowest BCUT2D eigenvalue weighted by Crippen LogP contribution is -2.36. The van der Waals surface area contributed by atoms with Gasteiger partial charge in [-0.2, -0.15) is 0 Å². The SMILES string of the molecule is CCOc1cc(N2CCOCC2)c(OCC)cc1NC(=O)COC(=O)C=Cc1ccc2cc(OC)ccc2c1. The molecule has 9 heteroatoms. The van der Waals surface area contributed by atoms with Crippen LogP contribution >= 0.6 is 0 Å². The van der Waals surface area contributed by atoms with Gasteiger partial charge in [-0.25, -0.2) is 4.79 Å². The van der Waals surface area contributed by atoms with Crippen LogP contribution in [0.4, 0.5) is 11.4 Å². The number of fused-ring (bicyclic) bond motifs is 1. The fraction of sp³-hybridized carbons (Fsp3) is 0.333. The van der Waals surface area contributed by atoms with Crippen molar-refractivity contribution in [1.82, 2.24) is 0 Å². The highest BCUT2D eigenvalue weighted by Gasteiger charge is 2.20. The Morgan fingerprint density at radius 1 is 0.949 bits per heavy atom. The molecule has 4 rings (SSSR count). The van der Waals surface area contributed by atoms with E-state index < -0.39 is 18.5 Å². The summed E-state index contributed by atoms with van der Waals surface area (Å²) in [6.07, 6.45) is 2.95. The van der Waals surface area contributed by atoms with Gasteiger partial charge in [-0.05, 0) is 54.5 Å². The summed E-state index contributed by atoms with van der Waals surface area (Å²) in [6.45, 7) is 6.94. The predicted molar refractivity (Wildman–Crippen MR) is 151 cm³/mol. The van der Waals surface area contributed by atoms with E-state index in [1.807, 2.05) is 56.3 Å². The molecule has 9 nitrogen and oxygen atoms in total. The summed E-state index contributed by atoms with van der Waals surface area (Å²) in [5.41, 5.74) is 2.16. The van der Waals surface area contributed by atoms with E-state index in [9.17, 15) is 9.59 Å². The molecule has 0 atom stereocenters. The van der Waals surface area contributed by atoms with Crippen LogP contribution in [0.25, 0.3) is 16.8 Å². The van der Waals surface area contributed by atoms with Crippen LogP contribution in [0.3, 0.4) is 0 Å². The van der Waals surface area contributed by atoms with Crippen molar-refractivity contribution in [2.24, 2.45) is 0 Å². The second-order valence-electron chi connectivity index (χ2n) is 8.74. The van der Waals surface area contributed by atoms with Crippen molar-refractivity contribution < 1.29 is 33.3 Å². The summed E-state index contributed by atoms with van der Waals surface area (Å²) in [5, 5.41) is 4.83. The Morgan fingerprint density at radius 3 is 2.41 bits per heavy atom. The van der Waals surface area contributed by atoms with Gasteiger partial charge in [-0.1, -0.05) is 18.2 Å². The summed E-state index contributed by atoms with van der Waals surface area (Å²) in [6, 6.07) is 15.2. The van der Waals surface area contributed by atoms with Gasteiger partial charge in [-0.3, -0.25) is 4.79 Å². The van der Waals surface area contributed by atoms with Gasteiger partial charge in [-0.15, -0.1) is 0 Å². The average Bonchev–Trinajstić information content (AvgIpc) is 2.96. The maximum absolute atomic E-state index is 12.7. The third-order valence-electron chi connectivity index (χ3n) is 6.12. The van der Waals surface area contributed by atoms with E-state index in [1.165, 1.54) is 6.08 Å². The van der Waals surface area contributed by atoms with Crippen LogP contribution in [0.1, 0.15) is 19.4 Å². The number of amides is 1. The first-order valence-electron chi connectivity index (χ1n) is 13.0. The fourth-order valence-corrected chi connectivity index (χ4v) is 4.25. The molecule has 1 fully saturated rings. The number of rotatable bonds is 11. The number of nitrogens with zero attached hydrogens (tertiary/aromatic N) is 1. The molecule has 0 aliphatic carbocycles. The Hall–Kier alpha value is -4.24. The van der Waals surface area contributed by atoms with Crippen molar-refractivity contribution in [2.45, 2.75) is 13.8 Å². The molecule has 1 heterocycles. The quantitative estimate of drug-likeness (QED) is 0.280. The largest absolute Gasteiger partial charge is 0.497 e. The number of nitrogens with one attached hydrogen (secondary N) is 1. The molecule has 3 aromatic rings. The smallest absolute Gasteiger partial charge is 0.331 e. The molecule has 0 saturated carbocycles. The number of hydrogen-bond acceptors (Lipinski definition) is 8. The van der Waals surface area contributed by atoms with Gasteiger partial charge in [0.1, 0.15) is 17.2 Å². The van der Waals surface area contributed by atoms with E-state index in [1.54, 1.807) is 19.3 Å². The number of morpholine rings is 1. The average molecular weight is 535 g/mol. The summed E-state index contributed by atoms with van der Waals surface area (Å²) in [7, 11) is 1.63. The highest BCUT2D eigenvalue weighted by atomic mass is 16.5. The van der Waals surface area contributed by atoms with E-state index in [0.29, 0.717) is 43.6 Å². The standard InChI is InChI=1S/C30H34N2O7/c1-4-37-27-19-26(32-12-14-36-15-13-32)28(38-5-2)18-25(27)31-29(33)20-39-30(34)11-7-21-6-8-23-17-24(35-3)10-9-22(23)16-21/h6-11,16-19H,4-5,12-15,20H2,1-3H3,(H,31,33). The van der Waals surface area contributed by atoms with Crippen molar-refractivity contribution in [3.63, 3.8) is 0 Å². The molecule has 39 heavy (non-hydrogen) atoms. The molecule has 0 bridgehead atoms. The first-order chi connectivity index (χ1) is 19.0. The van der Waals surface area contributed by atoms with E-state index in [2.05, 4.69) is 10.2 Å². The number of carbonyl (C=O) groups is 2. The molecule has 1 aliphatic heterocycles. The number of hydrogen-bond donors (Lipinski definition) is 1. The van der Waals surface area contributed by atoms with Crippen molar-refractivity contribution in [3.05, 3.63) is 60.2 Å². The minimum absolute atomic E-state index is 0.418. The molecule has 206 valence electrons. The van der Waals surface area contributed by atoms with Gasteiger partial charge in [0.25, 0.3) is 5.91 Å². The zero-order valence-electron chi connectivity index (χ0n) is 22.5. The third kappa shape index (κ3) is 7.42. The molecule has 1 aliphatic rings. The minimum Gasteiger partial charge on any atom is -0.497 e. The number of benzene rings is 3. The normalized spacial score (nSPS) is 13.4. The first-order valence-corrected chi connectivity index (χ1v) is 13.0. The van der Waals surface area contributed by atoms with Gasteiger partial charge in [0, 0.05) is 31.3 Å².